The van der Waals surface area contributed by atoms with Crippen LogP contribution in [0.3, 0.4) is 0 Å². The highest BCUT2D eigenvalue weighted by molar-refractivity contribution is 5.29. The maximum absolute atomic E-state index is 4.47. The SMILES string of the molecule is c1ccc(CCn2ncnc2CN2CCN(c3ncccn3)CC2)cc1. The van der Waals surface area contributed by atoms with Crippen LogP contribution < -0.4 is 4.90 Å². The first-order chi connectivity index (χ1) is 12.9. The number of aryl methyl sites for hydroxylation is 2. The van der Waals surface area contributed by atoms with E-state index in [9.17, 15) is 0 Å². The molecule has 0 amide bonds. The second kappa shape index (κ2) is 8.05. The summed E-state index contributed by atoms with van der Waals surface area (Å²) in [5, 5.41) is 4.41. The minimum absolute atomic E-state index is 0.818. The first-order valence-corrected chi connectivity index (χ1v) is 9.03. The molecule has 1 aliphatic rings. The van der Waals surface area contributed by atoms with Gasteiger partial charge in [0.05, 0.1) is 6.54 Å². The molecule has 7 heteroatoms. The highest BCUT2D eigenvalue weighted by Gasteiger charge is 2.20. The molecule has 3 aromatic rings. The normalized spacial score (nSPS) is 15.3. The lowest BCUT2D eigenvalue weighted by atomic mass is 10.1. The third kappa shape index (κ3) is 4.05. The predicted octanol–water partition coefficient (Wildman–Crippen LogP) is 1.63. The Kier molecular flexibility index (Phi) is 5.16. The summed E-state index contributed by atoms with van der Waals surface area (Å²) >= 11 is 0. The number of benzene rings is 1. The van der Waals surface area contributed by atoms with Gasteiger partial charge >= 0.3 is 0 Å². The maximum atomic E-state index is 4.47. The fraction of sp³-hybridized carbons (Fsp3) is 0.368. The molecule has 0 unspecified atom stereocenters. The number of piperazine rings is 1. The first-order valence-electron chi connectivity index (χ1n) is 9.03. The van der Waals surface area contributed by atoms with E-state index in [0.717, 1.165) is 57.5 Å². The van der Waals surface area contributed by atoms with Gasteiger partial charge in [-0.25, -0.2) is 19.6 Å². The van der Waals surface area contributed by atoms with Gasteiger partial charge in [0.25, 0.3) is 0 Å². The summed E-state index contributed by atoms with van der Waals surface area (Å²) < 4.78 is 2.03. The lowest BCUT2D eigenvalue weighted by Gasteiger charge is -2.34. The Morgan fingerprint density at radius 3 is 2.38 bits per heavy atom. The van der Waals surface area contributed by atoms with Gasteiger partial charge in [-0.1, -0.05) is 30.3 Å². The van der Waals surface area contributed by atoms with Crippen molar-refractivity contribution in [1.29, 1.82) is 0 Å². The first kappa shape index (κ1) is 16.7. The van der Waals surface area contributed by atoms with Crippen LogP contribution in [0.1, 0.15) is 11.4 Å². The number of rotatable bonds is 6. The van der Waals surface area contributed by atoms with Crippen LogP contribution in [0.5, 0.6) is 0 Å². The summed E-state index contributed by atoms with van der Waals surface area (Å²) in [6.07, 6.45) is 6.22. The largest absolute Gasteiger partial charge is 0.338 e. The number of hydrogen-bond acceptors (Lipinski definition) is 6. The predicted molar refractivity (Wildman–Crippen MR) is 99.7 cm³/mol. The van der Waals surface area contributed by atoms with E-state index in [4.69, 9.17) is 0 Å². The van der Waals surface area contributed by atoms with Crippen molar-refractivity contribution in [1.82, 2.24) is 29.6 Å². The zero-order valence-corrected chi connectivity index (χ0v) is 14.8. The summed E-state index contributed by atoms with van der Waals surface area (Å²) in [6.45, 7) is 5.51. The van der Waals surface area contributed by atoms with E-state index in [1.807, 2.05) is 16.8 Å². The van der Waals surface area contributed by atoms with Gasteiger partial charge in [-0.2, -0.15) is 5.10 Å². The molecule has 0 atom stereocenters. The zero-order valence-electron chi connectivity index (χ0n) is 14.8. The molecule has 0 radical (unpaired) electrons. The Bertz CT molecular complexity index is 795. The quantitative estimate of drug-likeness (QED) is 0.674. The third-order valence-electron chi connectivity index (χ3n) is 4.72. The van der Waals surface area contributed by atoms with Gasteiger partial charge in [-0.05, 0) is 18.1 Å². The molecule has 7 nitrogen and oxygen atoms in total. The van der Waals surface area contributed by atoms with Gasteiger partial charge in [0.2, 0.25) is 5.95 Å². The molecular weight excluding hydrogens is 326 g/mol. The Morgan fingerprint density at radius 2 is 1.62 bits per heavy atom. The Hall–Kier alpha value is -2.80. The van der Waals surface area contributed by atoms with Gasteiger partial charge in [0.15, 0.2) is 0 Å². The third-order valence-corrected chi connectivity index (χ3v) is 4.72. The van der Waals surface area contributed by atoms with Gasteiger partial charge in [-0.15, -0.1) is 0 Å². The van der Waals surface area contributed by atoms with Gasteiger partial charge in [0, 0.05) is 45.1 Å². The zero-order chi connectivity index (χ0) is 17.6. The van der Waals surface area contributed by atoms with E-state index < -0.39 is 0 Å². The molecule has 1 saturated heterocycles. The van der Waals surface area contributed by atoms with E-state index in [1.54, 1.807) is 18.7 Å². The fourth-order valence-corrected chi connectivity index (χ4v) is 3.24. The van der Waals surface area contributed by atoms with Gasteiger partial charge in [-0.3, -0.25) is 4.90 Å². The second-order valence-corrected chi connectivity index (χ2v) is 6.45. The standard InChI is InChI=1S/C19H23N7/c1-2-5-17(6-3-1)7-10-26-18(22-16-23-26)15-24-11-13-25(14-12-24)19-20-8-4-9-21-19/h1-6,8-9,16H,7,10-15H2. The van der Waals surface area contributed by atoms with E-state index in [2.05, 4.69) is 54.1 Å². The van der Waals surface area contributed by atoms with Crippen molar-refractivity contribution < 1.29 is 0 Å². The van der Waals surface area contributed by atoms with E-state index >= 15 is 0 Å². The summed E-state index contributed by atoms with van der Waals surface area (Å²) in [7, 11) is 0. The number of hydrogen-bond donors (Lipinski definition) is 0. The molecule has 1 aromatic carbocycles. The Morgan fingerprint density at radius 1 is 0.846 bits per heavy atom. The molecule has 1 aliphatic heterocycles. The summed E-state index contributed by atoms with van der Waals surface area (Å²) in [5.74, 6) is 1.85. The van der Waals surface area contributed by atoms with Crippen molar-refractivity contribution in [3.8, 4) is 0 Å². The second-order valence-electron chi connectivity index (χ2n) is 6.45. The average molecular weight is 349 g/mol. The molecule has 0 N–H and O–H groups in total. The molecule has 134 valence electrons. The van der Waals surface area contributed by atoms with Crippen LogP contribution >= 0.6 is 0 Å². The van der Waals surface area contributed by atoms with Crippen molar-refractivity contribution in [2.45, 2.75) is 19.5 Å². The maximum Gasteiger partial charge on any atom is 0.225 e. The number of nitrogens with zero attached hydrogens (tertiary/aromatic N) is 7. The smallest absolute Gasteiger partial charge is 0.225 e. The molecule has 4 rings (SSSR count). The molecule has 26 heavy (non-hydrogen) atoms. The van der Waals surface area contributed by atoms with Crippen LogP contribution in [0.4, 0.5) is 5.95 Å². The Labute approximate surface area is 153 Å². The van der Waals surface area contributed by atoms with Crippen molar-refractivity contribution in [2.75, 3.05) is 31.1 Å². The minimum atomic E-state index is 0.818. The minimum Gasteiger partial charge on any atom is -0.338 e. The monoisotopic (exact) mass is 349 g/mol. The molecule has 0 spiro atoms. The molecular formula is C19H23N7. The van der Waals surface area contributed by atoms with Crippen LogP contribution in [-0.4, -0.2) is 55.8 Å². The van der Waals surface area contributed by atoms with Crippen LogP contribution in [0.25, 0.3) is 0 Å². The lowest BCUT2D eigenvalue weighted by Crippen LogP contribution is -2.46. The number of anilines is 1. The van der Waals surface area contributed by atoms with Crippen LogP contribution in [0, 0.1) is 0 Å². The van der Waals surface area contributed by atoms with E-state index in [1.165, 1.54) is 5.56 Å². The van der Waals surface area contributed by atoms with Crippen molar-refractivity contribution >= 4 is 5.95 Å². The van der Waals surface area contributed by atoms with Gasteiger partial charge in [0.1, 0.15) is 12.2 Å². The molecule has 0 bridgehead atoms. The molecule has 2 aromatic heterocycles. The van der Waals surface area contributed by atoms with Crippen molar-refractivity contribution in [2.24, 2.45) is 0 Å². The van der Waals surface area contributed by atoms with Gasteiger partial charge < -0.3 is 4.90 Å². The summed E-state index contributed by atoms with van der Waals surface area (Å²) in [6, 6.07) is 12.4. The van der Waals surface area contributed by atoms with Crippen molar-refractivity contribution in [3.63, 3.8) is 0 Å². The van der Waals surface area contributed by atoms with Crippen LogP contribution in [0.15, 0.2) is 55.1 Å². The topological polar surface area (TPSA) is 63.0 Å². The fourth-order valence-electron chi connectivity index (χ4n) is 3.24. The van der Waals surface area contributed by atoms with E-state index in [-0.39, 0.29) is 0 Å². The highest BCUT2D eigenvalue weighted by Crippen LogP contribution is 2.12. The van der Waals surface area contributed by atoms with Crippen LogP contribution in [-0.2, 0) is 19.5 Å². The summed E-state index contributed by atoms with van der Waals surface area (Å²) in [5.41, 5.74) is 1.32. The molecule has 1 fully saturated rings. The lowest BCUT2D eigenvalue weighted by molar-refractivity contribution is 0.238. The van der Waals surface area contributed by atoms with E-state index in [0.29, 0.717) is 0 Å². The molecule has 3 heterocycles. The Balaban J connectivity index is 1.31. The highest BCUT2D eigenvalue weighted by atomic mass is 15.4. The molecule has 0 aliphatic carbocycles. The summed E-state index contributed by atoms with van der Waals surface area (Å²) in [4.78, 5) is 17.8. The van der Waals surface area contributed by atoms with Crippen LogP contribution in [0.2, 0.25) is 0 Å². The van der Waals surface area contributed by atoms with Crippen molar-refractivity contribution in [3.05, 3.63) is 66.5 Å². The average Bonchev–Trinajstić information content (AvgIpc) is 3.15. The molecule has 0 saturated carbocycles. The number of aromatic nitrogens is 5.